The summed E-state index contributed by atoms with van der Waals surface area (Å²) in [5, 5.41) is 13.2. The quantitative estimate of drug-likeness (QED) is 0.914. The van der Waals surface area contributed by atoms with Crippen LogP contribution in [-0.2, 0) is 17.6 Å². The molecule has 110 valence electrons. The first-order chi connectivity index (χ1) is 10.2. The van der Waals surface area contributed by atoms with Crippen LogP contribution in [0.1, 0.15) is 42.5 Å². The van der Waals surface area contributed by atoms with E-state index in [9.17, 15) is 9.90 Å². The molecule has 21 heavy (non-hydrogen) atoms. The van der Waals surface area contributed by atoms with Crippen LogP contribution in [-0.4, -0.2) is 21.2 Å². The van der Waals surface area contributed by atoms with Crippen molar-refractivity contribution < 1.29 is 14.4 Å². The van der Waals surface area contributed by atoms with Gasteiger partial charge in [0, 0.05) is 6.42 Å². The van der Waals surface area contributed by atoms with Gasteiger partial charge in [-0.05, 0) is 24.8 Å². The van der Waals surface area contributed by atoms with Crippen molar-refractivity contribution in [1.29, 1.82) is 0 Å². The van der Waals surface area contributed by atoms with Crippen LogP contribution in [0, 0.1) is 5.92 Å². The second kappa shape index (κ2) is 6.08. The van der Waals surface area contributed by atoms with Crippen molar-refractivity contribution in [3.05, 3.63) is 47.6 Å². The van der Waals surface area contributed by atoms with Crippen molar-refractivity contribution in [1.82, 2.24) is 10.1 Å². The van der Waals surface area contributed by atoms with Crippen molar-refractivity contribution in [3.8, 4) is 0 Å². The molecule has 3 rings (SSSR count). The highest BCUT2D eigenvalue weighted by atomic mass is 16.5. The number of aromatic nitrogens is 2. The van der Waals surface area contributed by atoms with Crippen molar-refractivity contribution in [2.75, 3.05) is 0 Å². The highest BCUT2D eigenvalue weighted by molar-refractivity contribution is 5.71. The molecule has 2 atom stereocenters. The number of carbonyl (C=O) groups is 1. The Balaban J connectivity index is 1.65. The Morgan fingerprint density at radius 1 is 1.24 bits per heavy atom. The molecule has 0 radical (unpaired) electrons. The minimum absolute atomic E-state index is 0.125. The molecule has 1 aromatic carbocycles. The first kappa shape index (κ1) is 13.8. The topological polar surface area (TPSA) is 76.2 Å². The van der Waals surface area contributed by atoms with Gasteiger partial charge in [0.25, 0.3) is 0 Å². The van der Waals surface area contributed by atoms with E-state index >= 15 is 0 Å². The van der Waals surface area contributed by atoms with Gasteiger partial charge in [-0.3, -0.25) is 4.79 Å². The predicted octanol–water partition coefficient (Wildman–Crippen LogP) is 2.82. The summed E-state index contributed by atoms with van der Waals surface area (Å²) in [5.74, 6) is -0.123. The molecule has 2 aromatic rings. The molecule has 0 bridgehead atoms. The fourth-order valence-corrected chi connectivity index (χ4v) is 2.97. The zero-order valence-corrected chi connectivity index (χ0v) is 11.7. The second-order valence-corrected chi connectivity index (χ2v) is 5.52. The van der Waals surface area contributed by atoms with Crippen LogP contribution in [0.4, 0.5) is 0 Å². The lowest BCUT2D eigenvalue weighted by molar-refractivity contribution is -0.142. The first-order valence-corrected chi connectivity index (χ1v) is 7.33. The van der Waals surface area contributed by atoms with E-state index in [1.165, 1.54) is 5.56 Å². The van der Waals surface area contributed by atoms with E-state index in [2.05, 4.69) is 22.3 Å². The fraction of sp³-hybridized carbons (Fsp3) is 0.438. The normalized spacial score (nSPS) is 21.5. The smallest absolute Gasteiger partial charge is 0.307 e. The Bertz CT molecular complexity index is 609. The number of hydrogen-bond donors (Lipinski definition) is 1. The van der Waals surface area contributed by atoms with Gasteiger partial charge >= 0.3 is 5.97 Å². The molecule has 1 saturated carbocycles. The van der Waals surface area contributed by atoms with E-state index in [-0.39, 0.29) is 11.8 Å². The van der Waals surface area contributed by atoms with Crippen LogP contribution >= 0.6 is 0 Å². The van der Waals surface area contributed by atoms with Crippen LogP contribution in [0.15, 0.2) is 34.9 Å². The molecule has 5 heteroatoms. The molecule has 0 aliphatic heterocycles. The van der Waals surface area contributed by atoms with Gasteiger partial charge in [0.2, 0.25) is 5.89 Å². The van der Waals surface area contributed by atoms with Gasteiger partial charge in [-0.25, -0.2) is 0 Å². The van der Waals surface area contributed by atoms with Crippen molar-refractivity contribution in [3.63, 3.8) is 0 Å². The average Bonchev–Trinajstić information content (AvgIpc) is 3.15. The zero-order valence-electron chi connectivity index (χ0n) is 11.7. The number of aliphatic carboxylic acids is 1. The Kier molecular flexibility index (Phi) is 3.99. The molecule has 1 N–H and O–H groups in total. The van der Waals surface area contributed by atoms with Crippen LogP contribution in [0.5, 0.6) is 0 Å². The van der Waals surface area contributed by atoms with E-state index in [0.29, 0.717) is 24.6 Å². The van der Waals surface area contributed by atoms with E-state index in [4.69, 9.17) is 4.52 Å². The number of rotatable bonds is 5. The van der Waals surface area contributed by atoms with Crippen LogP contribution in [0.2, 0.25) is 0 Å². The number of benzene rings is 1. The Labute approximate surface area is 123 Å². The molecule has 0 spiro atoms. The molecule has 1 aromatic heterocycles. The summed E-state index contributed by atoms with van der Waals surface area (Å²) < 4.78 is 5.29. The summed E-state index contributed by atoms with van der Waals surface area (Å²) in [4.78, 5) is 15.6. The zero-order chi connectivity index (χ0) is 14.7. The summed E-state index contributed by atoms with van der Waals surface area (Å²) in [6.07, 6.45) is 3.98. The third-order valence-corrected chi connectivity index (χ3v) is 4.11. The van der Waals surface area contributed by atoms with Crippen LogP contribution in [0.25, 0.3) is 0 Å². The molecule has 1 fully saturated rings. The molecular formula is C16H18N2O3. The minimum Gasteiger partial charge on any atom is -0.481 e. The number of carboxylic acid groups (broad SMARTS) is 1. The van der Waals surface area contributed by atoms with Crippen molar-refractivity contribution in [2.24, 2.45) is 5.92 Å². The fourth-order valence-electron chi connectivity index (χ4n) is 2.97. The largest absolute Gasteiger partial charge is 0.481 e. The monoisotopic (exact) mass is 286 g/mol. The summed E-state index contributed by atoms with van der Waals surface area (Å²) in [6.45, 7) is 0. The van der Waals surface area contributed by atoms with Crippen molar-refractivity contribution in [2.45, 2.75) is 38.0 Å². The van der Waals surface area contributed by atoms with E-state index in [1.54, 1.807) is 0 Å². The molecule has 1 heterocycles. The van der Waals surface area contributed by atoms with Gasteiger partial charge in [-0.2, -0.15) is 4.98 Å². The summed E-state index contributed by atoms with van der Waals surface area (Å²) >= 11 is 0. The van der Waals surface area contributed by atoms with Crippen LogP contribution in [0.3, 0.4) is 0 Å². The van der Waals surface area contributed by atoms with Gasteiger partial charge in [-0.15, -0.1) is 0 Å². The lowest BCUT2D eigenvalue weighted by atomic mass is 9.96. The Hall–Kier alpha value is -2.17. The van der Waals surface area contributed by atoms with E-state index < -0.39 is 5.97 Å². The van der Waals surface area contributed by atoms with Gasteiger partial charge < -0.3 is 9.63 Å². The lowest BCUT2D eigenvalue weighted by Crippen LogP contribution is -2.17. The number of hydrogen-bond acceptors (Lipinski definition) is 4. The number of aryl methyl sites for hydroxylation is 2. The predicted molar refractivity (Wildman–Crippen MR) is 75.9 cm³/mol. The minimum atomic E-state index is -0.762. The maximum atomic E-state index is 11.2. The second-order valence-electron chi connectivity index (χ2n) is 5.52. The highest BCUT2D eigenvalue weighted by Gasteiger charge is 2.37. The molecule has 1 aliphatic carbocycles. The maximum absolute atomic E-state index is 11.2. The van der Waals surface area contributed by atoms with E-state index in [1.807, 2.05) is 18.2 Å². The SMILES string of the molecule is O=C(O)C1CCCC1c1nc(CCc2ccccc2)no1. The molecule has 0 amide bonds. The molecule has 2 unspecified atom stereocenters. The first-order valence-electron chi connectivity index (χ1n) is 7.33. The molecule has 0 saturated heterocycles. The molecule has 1 aliphatic rings. The van der Waals surface area contributed by atoms with Crippen LogP contribution < -0.4 is 0 Å². The lowest BCUT2D eigenvalue weighted by Gasteiger charge is -2.10. The summed E-state index contributed by atoms with van der Waals surface area (Å²) in [6, 6.07) is 10.1. The van der Waals surface area contributed by atoms with Gasteiger partial charge in [0.15, 0.2) is 5.82 Å². The Morgan fingerprint density at radius 3 is 2.81 bits per heavy atom. The van der Waals surface area contributed by atoms with E-state index in [0.717, 1.165) is 19.3 Å². The number of nitrogens with zero attached hydrogens (tertiary/aromatic N) is 2. The highest BCUT2D eigenvalue weighted by Crippen LogP contribution is 2.38. The van der Waals surface area contributed by atoms with Gasteiger partial charge in [-0.1, -0.05) is 41.9 Å². The molecular weight excluding hydrogens is 268 g/mol. The van der Waals surface area contributed by atoms with Crippen molar-refractivity contribution >= 4 is 5.97 Å². The average molecular weight is 286 g/mol. The summed E-state index contributed by atoms with van der Waals surface area (Å²) in [5.41, 5.74) is 1.23. The number of carboxylic acids is 1. The third kappa shape index (κ3) is 3.12. The maximum Gasteiger partial charge on any atom is 0.307 e. The van der Waals surface area contributed by atoms with Gasteiger partial charge in [0.1, 0.15) is 0 Å². The third-order valence-electron chi connectivity index (χ3n) is 4.11. The van der Waals surface area contributed by atoms with Gasteiger partial charge in [0.05, 0.1) is 11.8 Å². The molecule has 5 nitrogen and oxygen atoms in total. The summed E-state index contributed by atoms with van der Waals surface area (Å²) in [7, 11) is 0. The Morgan fingerprint density at radius 2 is 2.05 bits per heavy atom. The standard InChI is InChI=1S/C16H18N2O3/c19-16(20)13-8-4-7-12(13)15-17-14(18-21-15)10-9-11-5-2-1-3-6-11/h1-3,5-6,12-13H,4,7-10H2,(H,19,20).